The van der Waals surface area contributed by atoms with Crippen LogP contribution in [0.2, 0.25) is 5.02 Å². The van der Waals surface area contributed by atoms with E-state index in [0.29, 0.717) is 6.54 Å². The Kier molecular flexibility index (Phi) is 7.39. The lowest BCUT2D eigenvalue weighted by Crippen LogP contribution is -2.52. The van der Waals surface area contributed by atoms with Gasteiger partial charge in [0.05, 0.1) is 10.7 Å². The Morgan fingerprint density at radius 2 is 1.93 bits per heavy atom. The zero-order valence-corrected chi connectivity index (χ0v) is 19.2. The molecule has 28 heavy (non-hydrogen) atoms. The standard InChI is InChI=1S/C19H26ClN7.HI/c1-2-21-19(22-14-18-24-23-17-8-5-9-27(17)18)26-12-10-25(11-13-26)16-7-4-3-6-15(16)20;/h3-4,6-7H,2,5,8-14H2,1H3,(H,21,22);1H. The molecule has 4 rings (SSSR count). The van der Waals surface area contributed by atoms with Crippen molar-refractivity contribution in [2.24, 2.45) is 4.99 Å². The molecule has 0 saturated carbocycles. The van der Waals surface area contributed by atoms with Gasteiger partial charge in [0.2, 0.25) is 0 Å². The van der Waals surface area contributed by atoms with Gasteiger partial charge < -0.3 is 19.7 Å². The van der Waals surface area contributed by atoms with Gasteiger partial charge in [0.15, 0.2) is 11.8 Å². The van der Waals surface area contributed by atoms with Crippen molar-refractivity contribution < 1.29 is 0 Å². The predicted octanol–water partition coefficient (Wildman–Crippen LogP) is 2.78. The van der Waals surface area contributed by atoms with Crippen molar-refractivity contribution in [1.82, 2.24) is 25.0 Å². The van der Waals surface area contributed by atoms with Crippen LogP contribution >= 0.6 is 35.6 Å². The highest BCUT2D eigenvalue weighted by atomic mass is 127. The van der Waals surface area contributed by atoms with Crippen molar-refractivity contribution in [1.29, 1.82) is 0 Å². The van der Waals surface area contributed by atoms with Crippen molar-refractivity contribution >= 4 is 47.2 Å². The maximum Gasteiger partial charge on any atom is 0.194 e. The Morgan fingerprint density at radius 1 is 1.14 bits per heavy atom. The number of rotatable bonds is 4. The summed E-state index contributed by atoms with van der Waals surface area (Å²) < 4.78 is 2.21. The zero-order chi connectivity index (χ0) is 18.6. The second-order valence-corrected chi connectivity index (χ2v) is 7.29. The first-order valence-electron chi connectivity index (χ1n) is 9.70. The Balaban J connectivity index is 0.00000225. The molecule has 1 fully saturated rings. The summed E-state index contributed by atoms with van der Waals surface area (Å²) >= 11 is 6.35. The van der Waals surface area contributed by atoms with Gasteiger partial charge in [-0.05, 0) is 25.5 Å². The Labute approximate surface area is 188 Å². The summed E-state index contributed by atoms with van der Waals surface area (Å²) in [6.45, 7) is 8.21. The maximum absolute atomic E-state index is 6.35. The highest BCUT2D eigenvalue weighted by Crippen LogP contribution is 2.26. The molecule has 152 valence electrons. The fourth-order valence-corrected chi connectivity index (χ4v) is 4.02. The van der Waals surface area contributed by atoms with E-state index in [1.165, 1.54) is 0 Å². The van der Waals surface area contributed by atoms with E-state index in [4.69, 9.17) is 16.6 Å². The smallest absolute Gasteiger partial charge is 0.194 e. The lowest BCUT2D eigenvalue weighted by atomic mass is 10.2. The second kappa shape index (κ2) is 9.78. The van der Waals surface area contributed by atoms with Crippen LogP contribution in [0.3, 0.4) is 0 Å². The van der Waals surface area contributed by atoms with Crippen LogP contribution in [0.5, 0.6) is 0 Å². The van der Waals surface area contributed by atoms with E-state index in [-0.39, 0.29) is 24.0 Å². The molecular weight excluding hydrogens is 489 g/mol. The van der Waals surface area contributed by atoms with Gasteiger partial charge in [0, 0.05) is 45.7 Å². The fourth-order valence-electron chi connectivity index (χ4n) is 3.77. The van der Waals surface area contributed by atoms with Crippen LogP contribution in [0.1, 0.15) is 25.0 Å². The van der Waals surface area contributed by atoms with Crippen LogP contribution < -0.4 is 10.2 Å². The molecule has 0 atom stereocenters. The van der Waals surface area contributed by atoms with Crippen molar-refractivity contribution in [3.05, 3.63) is 40.9 Å². The molecule has 3 heterocycles. The van der Waals surface area contributed by atoms with Gasteiger partial charge in [0.1, 0.15) is 12.4 Å². The molecule has 0 unspecified atom stereocenters. The minimum atomic E-state index is 0. The Hall–Kier alpha value is -1.55. The Bertz CT molecular complexity index is 814. The topological polar surface area (TPSA) is 61.6 Å². The van der Waals surface area contributed by atoms with E-state index in [1.807, 2.05) is 18.2 Å². The fraction of sp³-hybridized carbons (Fsp3) is 0.526. The van der Waals surface area contributed by atoms with E-state index in [0.717, 1.165) is 80.4 Å². The van der Waals surface area contributed by atoms with Crippen molar-refractivity contribution in [2.75, 3.05) is 37.6 Å². The molecule has 2 aromatic rings. The van der Waals surface area contributed by atoms with E-state index in [2.05, 4.69) is 42.9 Å². The van der Waals surface area contributed by atoms with Crippen LogP contribution in [0, 0.1) is 0 Å². The number of halogens is 2. The summed E-state index contributed by atoms with van der Waals surface area (Å²) in [6, 6.07) is 8.05. The normalized spacial score (nSPS) is 16.7. The monoisotopic (exact) mass is 515 g/mol. The molecule has 2 aliphatic heterocycles. The second-order valence-electron chi connectivity index (χ2n) is 6.88. The first-order chi connectivity index (χ1) is 13.3. The number of benzene rings is 1. The van der Waals surface area contributed by atoms with Gasteiger partial charge in [0.25, 0.3) is 0 Å². The Morgan fingerprint density at radius 3 is 2.68 bits per heavy atom. The number of hydrogen-bond acceptors (Lipinski definition) is 4. The first kappa shape index (κ1) is 21.2. The number of nitrogens with zero attached hydrogens (tertiary/aromatic N) is 6. The van der Waals surface area contributed by atoms with Crippen LogP contribution in [-0.4, -0.2) is 58.3 Å². The van der Waals surface area contributed by atoms with Gasteiger partial charge in [-0.2, -0.15) is 0 Å². The van der Waals surface area contributed by atoms with E-state index >= 15 is 0 Å². The summed E-state index contributed by atoms with van der Waals surface area (Å²) in [4.78, 5) is 9.49. The molecule has 1 saturated heterocycles. The average molecular weight is 516 g/mol. The van der Waals surface area contributed by atoms with Crippen LogP contribution in [0.15, 0.2) is 29.3 Å². The zero-order valence-electron chi connectivity index (χ0n) is 16.1. The molecule has 0 amide bonds. The summed E-state index contributed by atoms with van der Waals surface area (Å²) in [7, 11) is 0. The lowest BCUT2D eigenvalue weighted by Gasteiger charge is -2.38. The predicted molar refractivity (Wildman–Crippen MR) is 124 cm³/mol. The number of fused-ring (bicyclic) bond motifs is 1. The highest BCUT2D eigenvalue weighted by molar-refractivity contribution is 14.0. The summed E-state index contributed by atoms with van der Waals surface area (Å²) in [5, 5.41) is 12.8. The molecule has 1 N–H and O–H groups in total. The number of piperazine rings is 1. The minimum Gasteiger partial charge on any atom is -0.367 e. The van der Waals surface area contributed by atoms with Crippen molar-refractivity contribution in [3.8, 4) is 0 Å². The SMILES string of the molecule is CCNC(=NCc1nnc2n1CCC2)N1CCN(c2ccccc2Cl)CC1.I. The van der Waals surface area contributed by atoms with Gasteiger partial charge >= 0.3 is 0 Å². The number of aryl methyl sites for hydroxylation is 1. The molecular formula is C19H27ClIN7. The number of aliphatic imine (C=N–C) groups is 1. The van der Waals surface area contributed by atoms with Gasteiger partial charge in [-0.3, -0.25) is 0 Å². The van der Waals surface area contributed by atoms with Crippen molar-refractivity contribution in [2.45, 2.75) is 32.9 Å². The largest absolute Gasteiger partial charge is 0.367 e. The number of nitrogens with one attached hydrogen (secondary N) is 1. The molecule has 0 radical (unpaired) electrons. The quantitative estimate of drug-likeness (QED) is 0.386. The van der Waals surface area contributed by atoms with Gasteiger partial charge in [-0.15, -0.1) is 34.2 Å². The van der Waals surface area contributed by atoms with Gasteiger partial charge in [-0.25, -0.2) is 4.99 Å². The number of hydrogen-bond donors (Lipinski definition) is 1. The van der Waals surface area contributed by atoms with E-state index in [9.17, 15) is 0 Å². The number of guanidine groups is 1. The molecule has 9 heteroatoms. The third kappa shape index (κ3) is 4.53. The average Bonchev–Trinajstić information content (AvgIpc) is 3.30. The summed E-state index contributed by atoms with van der Waals surface area (Å²) in [5.41, 5.74) is 1.11. The molecule has 0 aliphatic carbocycles. The van der Waals surface area contributed by atoms with Crippen LogP contribution in [0.25, 0.3) is 0 Å². The summed E-state index contributed by atoms with van der Waals surface area (Å²) in [6.07, 6.45) is 2.19. The summed E-state index contributed by atoms with van der Waals surface area (Å²) in [5.74, 6) is 3.01. The third-order valence-corrected chi connectivity index (χ3v) is 5.48. The van der Waals surface area contributed by atoms with E-state index in [1.54, 1.807) is 0 Å². The molecule has 0 spiro atoms. The molecule has 7 nitrogen and oxygen atoms in total. The van der Waals surface area contributed by atoms with Crippen molar-refractivity contribution in [3.63, 3.8) is 0 Å². The molecule has 1 aromatic heterocycles. The number of anilines is 1. The highest BCUT2D eigenvalue weighted by Gasteiger charge is 2.22. The molecule has 1 aromatic carbocycles. The molecule has 2 aliphatic rings. The van der Waals surface area contributed by atoms with E-state index < -0.39 is 0 Å². The number of para-hydroxylation sites is 1. The molecule has 0 bridgehead atoms. The van der Waals surface area contributed by atoms with Crippen LogP contribution in [-0.2, 0) is 19.5 Å². The number of aromatic nitrogens is 3. The lowest BCUT2D eigenvalue weighted by molar-refractivity contribution is 0.372. The van der Waals surface area contributed by atoms with Crippen LogP contribution in [0.4, 0.5) is 5.69 Å². The third-order valence-electron chi connectivity index (χ3n) is 5.16. The van der Waals surface area contributed by atoms with Gasteiger partial charge in [-0.1, -0.05) is 23.7 Å². The maximum atomic E-state index is 6.35. The minimum absolute atomic E-state index is 0. The first-order valence-corrected chi connectivity index (χ1v) is 10.1.